The van der Waals surface area contributed by atoms with Crippen molar-refractivity contribution in [1.82, 2.24) is 14.8 Å². The maximum Gasteiger partial charge on any atom is 0.324 e. The molecule has 1 aromatic carbocycles. The van der Waals surface area contributed by atoms with Gasteiger partial charge in [0.1, 0.15) is 5.00 Å². The van der Waals surface area contributed by atoms with Crippen molar-refractivity contribution >= 4 is 39.9 Å². The lowest BCUT2D eigenvalue weighted by atomic mass is 9.94. The van der Waals surface area contributed by atoms with Crippen LogP contribution in [0.3, 0.4) is 0 Å². The lowest BCUT2D eigenvalue weighted by molar-refractivity contribution is -0.130. The fourth-order valence-corrected chi connectivity index (χ4v) is 5.31. The fraction of sp³-hybridized carbons (Fsp3) is 0.357. The topological polar surface area (TPSA) is 94.6 Å². The second-order valence-corrected chi connectivity index (χ2v) is 11.3. The van der Waals surface area contributed by atoms with Gasteiger partial charge in [-0.05, 0) is 47.7 Å². The van der Waals surface area contributed by atoms with Gasteiger partial charge in [-0.15, -0.1) is 11.3 Å². The second kappa shape index (κ2) is 10.7. The van der Waals surface area contributed by atoms with Crippen molar-refractivity contribution < 1.29 is 14.4 Å². The van der Waals surface area contributed by atoms with Gasteiger partial charge in [-0.1, -0.05) is 32.9 Å². The van der Waals surface area contributed by atoms with Crippen LogP contribution in [0.5, 0.6) is 0 Å². The molecule has 194 valence electrons. The SMILES string of the molecule is CC(=O)N1CCN(C(=O)c2cc(C(C)(C)C)sc2NC(=O)Nc2ccc(C)c(-c3cccnc3)c2)CC1. The lowest BCUT2D eigenvalue weighted by Crippen LogP contribution is -2.50. The molecule has 0 spiro atoms. The van der Waals surface area contributed by atoms with Crippen molar-refractivity contribution in [3.05, 3.63) is 64.8 Å². The van der Waals surface area contributed by atoms with E-state index >= 15 is 0 Å². The molecule has 37 heavy (non-hydrogen) atoms. The smallest absolute Gasteiger partial charge is 0.324 e. The number of benzene rings is 1. The minimum absolute atomic E-state index is 0.0134. The quantitative estimate of drug-likeness (QED) is 0.485. The summed E-state index contributed by atoms with van der Waals surface area (Å²) >= 11 is 1.41. The van der Waals surface area contributed by atoms with Crippen LogP contribution < -0.4 is 10.6 Å². The molecule has 0 saturated carbocycles. The molecule has 3 heterocycles. The Kier molecular flexibility index (Phi) is 7.63. The van der Waals surface area contributed by atoms with Crippen molar-refractivity contribution in [3.8, 4) is 11.1 Å². The van der Waals surface area contributed by atoms with E-state index in [1.165, 1.54) is 11.3 Å². The molecule has 1 saturated heterocycles. The first kappa shape index (κ1) is 26.3. The summed E-state index contributed by atoms with van der Waals surface area (Å²) in [5.74, 6) is -0.126. The summed E-state index contributed by atoms with van der Waals surface area (Å²) in [6.45, 7) is 11.7. The molecule has 8 nitrogen and oxygen atoms in total. The van der Waals surface area contributed by atoms with E-state index in [-0.39, 0.29) is 17.2 Å². The van der Waals surface area contributed by atoms with E-state index in [1.54, 1.807) is 29.1 Å². The Morgan fingerprint density at radius 1 is 0.973 bits per heavy atom. The van der Waals surface area contributed by atoms with Gasteiger partial charge in [0.05, 0.1) is 5.56 Å². The highest BCUT2D eigenvalue weighted by Gasteiger charge is 2.29. The van der Waals surface area contributed by atoms with Crippen molar-refractivity contribution in [2.45, 2.75) is 40.0 Å². The number of amides is 4. The number of hydrogen-bond acceptors (Lipinski definition) is 5. The predicted octanol–water partition coefficient (Wildman–Crippen LogP) is 5.36. The molecule has 1 fully saturated rings. The number of nitrogens with zero attached hydrogens (tertiary/aromatic N) is 3. The number of aryl methyl sites for hydroxylation is 1. The van der Waals surface area contributed by atoms with Crippen molar-refractivity contribution in [2.75, 3.05) is 36.8 Å². The summed E-state index contributed by atoms with van der Waals surface area (Å²) in [7, 11) is 0. The van der Waals surface area contributed by atoms with E-state index in [0.717, 1.165) is 21.6 Å². The lowest BCUT2D eigenvalue weighted by Gasteiger charge is -2.34. The number of rotatable bonds is 4. The number of piperazine rings is 1. The summed E-state index contributed by atoms with van der Waals surface area (Å²) in [4.78, 5) is 46.9. The molecule has 0 radical (unpaired) electrons. The van der Waals surface area contributed by atoms with Crippen LogP contribution in [0.1, 0.15) is 48.5 Å². The molecule has 9 heteroatoms. The summed E-state index contributed by atoms with van der Waals surface area (Å²) in [5.41, 5.74) is 3.96. The Morgan fingerprint density at radius 3 is 2.30 bits per heavy atom. The molecule has 1 aliphatic rings. The van der Waals surface area contributed by atoms with Gasteiger partial charge >= 0.3 is 6.03 Å². The zero-order valence-electron chi connectivity index (χ0n) is 21.9. The van der Waals surface area contributed by atoms with Gasteiger partial charge in [-0.3, -0.25) is 19.9 Å². The number of pyridine rings is 1. The maximum absolute atomic E-state index is 13.5. The van der Waals surface area contributed by atoms with Crippen LogP contribution in [0.4, 0.5) is 15.5 Å². The standard InChI is InChI=1S/C28H33N5O3S/c1-18-8-9-21(15-22(18)20-7-6-10-29-17-20)30-27(36)31-25-23(16-24(37-25)28(3,4)5)26(35)33-13-11-32(12-14-33)19(2)34/h6-10,15-17H,11-14H2,1-5H3,(H2,30,31,36). The van der Waals surface area contributed by atoms with Crippen molar-refractivity contribution in [1.29, 1.82) is 0 Å². The van der Waals surface area contributed by atoms with Gasteiger partial charge < -0.3 is 15.1 Å². The molecular formula is C28H33N5O3S. The number of thiophene rings is 1. The average molecular weight is 520 g/mol. The van der Waals surface area contributed by atoms with Crippen LogP contribution in [-0.4, -0.2) is 58.8 Å². The number of urea groups is 1. The third kappa shape index (κ3) is 6.17. The van der Waals surface area contributed by atoms with Gasteiger partial charge in [0, 0.05) is 61.6 Å². The molecule has 3 aromatic rings. The molecule has 4 amide bonds. The Hall–Kier alpha value is -3.72. The number of carbonyl (C=O) groups is 3. The van der Waals surface area contributed by atoms with Gasteiger partial charge in [-0.25, -0.2) is 4.79 Å². The van der Waals surface area contributed by atoms with Gasteiger partial charge in [-0.2, -0.15) is 0 Å². The third-order valence-corrected chi connectivity index (χ3v) is 7.89. The minimum atomic E-state index is -0.418. The molecule has 1 aliphatic heterocycles. The summed E-state index contributed by atoms with van der Waals surface area (Å²) in [6, 6.07) is 11.0. The Morgan fingerprint density at radius 2 is 1.68 bits per heavy atom. The van der Waals surface area contributed by atoms with Crippen LogP contribution >= 0.6 is 11.3 Å². The first-order valence-corrected chi connectivity index (χ1v) is 13.1. The first-order valence-electron chi connectivity index (χ1n) is 12.3. The van der Waals surface area contributed by atoms with Gasteiger partial charge in [0.2, 0.25) is 5.91 Å². The molecular weight excluding hydrogens is 486 g/mol. The van der Waals surface area contributed by atoms with Crippen LogP contribution in [0.25, 0.3) is 11.1 Å². The van der Waals surface area contributed by atoms with Gasteiger partial charge in [0.15, 0.2) is 0 Å². The van der Waals surface area contributed by atoms with E-state index < -0.39 is 6.03 Å². The summed E-state index contributed by atoms with van der Waals surface area (Å²) in [6.07, 6.45) is 3.52. The Labute approximate surface area is 221 Å². The maximum atomic E-state index is 13.5. The molecule has 0 unspecified atom stereocenters. The highest BCUT2D eigenvalue weighted by Crippen LogP contribution is 2.37. The molecule has 0 bridgehead atoms. The number of hydrogen-bond donors (Lipinski definition) is 2. The zero-order valence-corrected chi connectivity index (χ0v) is 22.7. The van der Waals surface area contributed by atoms with Crippen LogP contribution in [0.15, 0.2) is 48.8 Å². The molecule has 4 rings (SSSR count). The number of nitrogens with one attached hydrogen (secondary N) is 2. The van der Waals surface area contributed by atoms with Gasteiger partial charge in [0.25, 0.3) is 5.91 Å². The highest BCUT2D eigenvalue weighted by molar-refractivity contribution is 7.16. The van der Waals surface area contributed by atoms with E-state index in [2.05, 4.69) is 36.4 Å². The van der Waals surface area contributed by atoms with E-state index in [0.29, 0.717) is 42.4 Å². The molecule has 2 N–H and O–H groups in total. The van der Waals surface area contributed by atoms with E-state index in [1.807, 2.05) is 43.3 Å². The molecule has 0 aliphatic carbocycles. The number of anilines is 2. The average Bonchev–Trinajstić information content (AvgIpc) is 3.29. The second-order valence-electron chi connectivity index (χ2n) is 10.3. The Balaban J connectivity index is 1.53. The van der Waals surface area contributed by atoms with Crippen molar-refractivity contribution in [3.63, 3.8) is 0 Å². The largest absolute Gasteiger partial charge is 0.339 e. The summed E-state index contributed by atoms with van der Waals surface area (Å²) < 4.78 is 0. The van der Waals surface area contributed by atoms with Crippen LogP contribution in [0.2, 0.25) is 0 Å². The number of aromatic nitrogens is 1. The van der Waals surface area contributed by atoms with Crippen molar-refractivity contribution in [2.24, 2.45) is 0 Å². The minimum Gasteiger partial charge on any atom is -0.339 e. The van der Waals surface area contributed by atoms with E-state index in [9.17, 15) is 14.4 Å². The zero-order chi connectivity index (χ0) is 26.7. The van der Waals surface area contributed by atoms with Crippen LogP contribution in [0, 0.1) is 6.92 Å². The highest BCUT2D eigenvalue weighted by atomic mass is 32.1. The third-order valence-electron chi connectivity index (χ3n) is 6.41. The molecule has 2 aromatic heterocycles. The Bertz CT molecular complexity index is 1310. The first-order chi connectivity index (χ1) is 17.5. The monoisotopic (exact) mass is 519 g/mol. The normalized spacial score (nSPS) is 13.9. The number of carbonyl (C=O) groups excluding carboxylic acids is 3. The summed E-state index contributed by atoms with van der Waals surface area (Å²) in [5, 5.41) is 6.34. The van der Waals surface area contributed by atoms with E-state index in [4.69, 9.17) is 0 Å². The fourth-order valence-electron chi connectivity index (χ4n) is 4.21. The predicted molar refractivity (Wildman–Crippen MR) is 148 cm³/mol. The molecule has 0 atom stereocenters. The van der Waals surface area contributed by atoms with Crippen LogP contribution in [-0.2, 0) is 10.2 Å².